The Kier molecular flexibility index (Phi) is 5.72. The first kappa shape index (κ1) is 18.9. The van der Waals surface area contributed by atoms with Crippen LogP contribution in [0.4, 0.5) is 10.8 Å². The second kappa shape index (κ2) is 8.19. The number of nitrogens with one attached hydrogen (secondary N) is 1. The molecular formula is C18H20N4O4S. The Hall–Kier alpha value is -2.91. The first-order valence-electron chi connectivity index (χ1n) is 8.24. The van der Waals surface area contributed by atoms with Gasteiger partial charge < -0.3 is 25.3 Å². The van der Waals surface area contributed by atoms with E-state index in [9.17, 15) is 4.79 Å². The van der Waals surface area contributed by atoms with Gasteiger partial charge in [-0.3, -0.25) is 4.98 Å². The molecule has 0 radical (unpaired) electrons. The summed E-state index contributed by atoms with van der Waals surface area (Å²) in [5.74, 6) is 0.807. The van der Waals surface area contributed by atoms with E-state index in [1.54, 1.807) is 38.8 Å². The molecule has 27 heavy (non-hydrogen) atoms. The summed E-state index contributed by atoms with van der Waals surface area (Å²) in [6.45, 7) is 2.32. The number of thiazole rings is 1. The molecule has 2 aromatic heterocycles. The van der Waals surface area contributed by atoms with Crippen molar-refractivity contribution in [3.05, 3.63) is 35.1 Å². The van der Waals surface area contributed by atoms with Crippen LogP contribution in [0.5, 0.6) is 11.5 Å². The normalized spacial score (nSPS) is 10.7. The summed E-state index contributed by atoms with van der Waals surface area (Å²) in [6, 6.07) is 3.66. The van der Waals surface area contributed by atoms with Gasteiger partial charge in [0, 0.05) is 28.8 Å². The van der Waals surface area contributed by atoms with Gasteiger partial charge >= 0.3 is 5.97 Å². The van der Waals surface area contributed by atoms with E-state index >= 15 is 0 Å². The van der Waals surface area contributed by atoms with E-state index in [1.807, 2.05) is 6.07 Å². The maximum absolute atomic E-state index is 11.8. The van der Waals surface area contributed by atoms with Gasteiger partial charge in [0.1, 0.15) is 11.5 Å². The molecule has 2 heterocycles. The van der Waals surface area contributed by atoms with Gasteiger partial charge in [0.2, 0.25) is 0 Å². The molecule has 1 aromatic carbocycles. The highest BCUT2D eigenvalue weighted by atomic mass is 32.1. The van der Waals surface area contributed by atoms with Crippen LogP contribution in [0.2, 0.25) is 0 Å². The predicted octanol–water partition coefficient (Wildman–Crippen LogP) is 3.09. The number of pyridine rings is 1. The topological polar surface area (TPSA) is 109 Å². The van der Waals surface area contributed by atoms with Crippen LogP contribution in [0.15, 0.2) is 23.7 Å². The molecule has 0 unspecified atom stereocenters. The van der Waals surface area contributed by atoms with Crippen molar-refractivity contribution in [3.8, 4) is 11.5 Å². The molecule has 0 amide bonds. The third-order valence-electron chi connectivity index (χ3n) is 3.88. The fraction of sp³-hybridized carbons (Fsp3) is 0.278. The van der Waals surface area contributed by atoms with Gasteiger partial charge in [0.05, 0.1) is 38.4 Å². The van der Waals surface area contributed by atoms with Crippen LogP contribution >= 0.6 is 11.3 Å². The van der Waals surface area contributed by atoms with Gasteiger partial charge in [-0.05, 0) is 13.0 Å². The van der Waals surface area contributed by atoms with Gasteiger partial charge in [-0.1, -0.05) is 0 Å². The Morgan fingerprint density at radius 1 is 1.30 bits per heavy atom. The van der Waals surface area contributed by atoms with Crippen molar-refractivity contribution in [2.75, 3.05) is 26.1 Å². The highest BCUT2D eigenvalue weighted by molar-refractivity contribution is 7.14. The summed E-state index contributed by atoms with van der Waals surface area (Å²) in [5.41, 5.74) is 7.51. The summed E-state index contributed by atoms with van der Waals surface area (Å²) in [4.78, 5) is 20.5. The molecule has 0 saturated carbocycles. The Bertz CT molecular complexity index is 973. The maximum Gasteiger partial charge on any atom is 0.357 e. The molecule has 3 N–H and O–H groups in total. The summed E-state index contributed by atoms with van der Waals surface area (Å²) in [6.07, 6.45) is 1.68. The van der Waals surface area contributed by atoms with E-state index < -0.39 is 5.97 Å². The number of hydrogen-bond acceptors (Lipinski definition) is 9. The average Bonchev–Trinajstić information content (AvgIpc) is 3.16. The molecular weight excluding hydrogens is 368 g/mol. The van der Waals surface area contributed by atoms with E-state index in [0.717, 1.165) is 10.8 Å². The number of aromatic nitrogens is 2. The molecule has 0 saturated heterocycles. The fourth-order valence-corrected chi connectivity index (χ4v) is 3.35. The van der Waals surface area contributed by atoms with E-state index in [1.165, 1.54) is 11.3 Å². The molecule has 0 bridgehead atoms. The number of methoxy groups -OCH3 is 2. The lowest BCUT2D eigenvalue weighted by molar-refractivity contribution is 0.0520. The third kappa shape index (κ3) is 3.79. The third-order valence-corrected chi connectivity index (χ3v) is 4.64. The molecule has 0 aliphatic heterocycles. The number of rotatable bonds is 7. The smallest absolute Gasteiger partial charge is 0.357 e. The summed E-state index contributed by atoms with van der Waals surface area (Å²) in [7, 11) is 3.17. The van der Waals surface area contributed by atoms with Crippen molar-refractivity contribution in [2.45, 2.75) is 13.5 Å². The minimum atomic E-state index is -0.452. The molecule has 142 valence electrons. The second-order valence-electron chi connectivity index (χ2n) is 5.46. The number of esters is 1. The zero-order valence-corrected chi connectivity index (χ0v) is 16.1. The average molecular weight is 388 g/mol. The molecule has 0 aliphatic carbocycles. The summed E-state index contributed by atoms with van der Waals surface area (Å²) >= 11 is 1.30. The molecule has 0 spiro atoms. The van der Waals surface area contributed by atoms with E-state index in [4.69, 9.17) is 19.9 Å². The van der Waals surface area contributed by atoms with Crippen molar-refractivity contribution in [1.29, 1.82) is 0 Å². The van der Waals surface area contributed by atoms with E-state index in [-0.39, 0.29) is 12.2 Å². The molecule has 0 fully saturated rings. The van der Waals surface area contributed by atoms with Crippen LogP contribution in [0.25, 0.3) is 10.8 Å². The van der Waals surface area contributed by atoms with Crippen molar-refractivity contribution in [1.82, 2.24) is 9.97 Å². The zero-order valence-electron chi connectivity index (χ0n) is 15.2. The lowest BCUT2D eigenvalue weighted by Gasteiger charge is -2.14. The van der Waals surface area contributed by atoms with Gasteiger partial charge in [0.25, 0.3) is 0 Å². The Labute approximate surface area is 160 Å². The van der Waals surface area contributed by atoms with Crippen LogP contribution < -0.4 is 20.5 Å². The summed E-state index contributed by atoms with van der Waals surface area (Å²) < 4.78 is 15.8. The number of nitrogens with two attached hydrogens (primary N) is 1. The second-order valence-corrected chi connectivity index (χ2v) is 6.32. The molecule has 9 heteroatoms. The number of ether oxygens (including phenoxy) is 3. The Morgan fingerprint density at radius 2 is 2.11 bits per heavy atom. The van der Waals surface area contributed by atoms with Crippen LogP contribution in [0.3, 0.4) is 0 Å². The van der Waals surface area contributed by atoms with Crippen LogP contribution in [-0.2, 0) is 11.3 Å². The molecule has 0 aliphatic rings. The number of nitrogens with zero attached hydrogens (tertiary/aromatic N) is 2. The van der Waals surface area contributed by atoms with Crippen LogP contribution in [0.1, 0.15) is 23.1 Å². The molecule has 3 aromatic rings. The SMILES string of the molecule is CCOC(=O)c1csc(Nc2cnc(CN)c3c(OC)cc(OC)cc23)n1. The largest absolute Gasteiger partial charge is 0.497 e. The van der Waals surface area contributed by atoms with Gasteiger partial charge in [-0.25, -0.2) is 9.78 Å². The highest BCUT2D eigenvalue weighted by Crippen LogP contribution is 2.37. The molecule has 3 rings (SSSR count). The van der Waals surface area contributed by atoms with Crippen LogP contribution in [0, 0.1) is 0 Å². The zero-order chi connectivity index (χ0) is 19.4. The number of carbonyl (C=O) groups excluding carboxylic acids is 1. The fourth-order valence-electron chi connectivity index (χ4n) is 2.66. The van der Waals surface area contributed by atoms with Crippen molar-refractivity contribution >= 4 is 38.9 Å². The Morgan fingerprint density at radius 3 is 2.78 bits per heavy atom. The van der Waals surface area contributed by atoms with Gasteiger partial charge in [0.15, 0.2) is 10.8 Å². The lowest BCUT2D eigenvalue weighted by Crippen LogP contribution is -2.05. The number of fused-ring (bicyclic) bond motifs is 1. The highest BCUT2D eigenvalue weighted by Gasteiger charge is 2.16. The molecule has 0 atom stereocenters. The first-order valence-corrected chi connectivity index (χ1v) is 9.12. The van der Waals surface area contributed by atoms with Gasteiger partial charge in [-0.2, -0.15) is 0 Å². The molecule has 8 nitrogen and oxygen atoms in total. The number of hydrogen-bond donors (Lipinski definition) is 2. The standard InChI is InChI=1S/C18H20N4O4S/c1-4-26-17(23)14-9-27-18(22-14)21-13-8-20-12(7-19)16-11(13)5-10(24-2)6-15(16)25-3/h5-6,8-9H,4,7,19H2,1-3H3,(H,21,22). The van der Waals surface area contributed by atoms with Crippen molar-refractivity contribution in [3.63, 3.8) is 0 Å². The first-order chi connectivity index (χ1) is 13.1. The number of benzene rings is 1. The minimum Gasteiger partial charge on any atom is -0.497 e. The predicted molar refractivity (Wildman–Crippen MR) is 104 cm³/mol. The van der Waals surface area contributed by atoms with Crippen molar-refractivity contribution in [2.24, 2.45) is 5.73 Å². The maximum atomic E-state index is 11.8. The monoisotopic (exact) mass is 388 g/mol. The van der Waals surface area contributed by atoms with Crippen LogP contribution in [-0.4, -0.2) is 36.8 Å². The van der Waals surface area contributed by atoms with E-state index in [2.05, 4.69) is 15.3 Å². The minimum absolute atomic E-state index is 0.260. The Balaban J connectivity index is 2.05. The summed E-state index contributed by atoms with van der Waals surface area (Å²) in [5, 5.41) is 7.02. The number of carbonyl (C=O) groups is 1. The van der Waals surface area contributed by atoms with E-state index in [0.29, 0.717) is 34.6 Å². The number of anilines is 2. The van der Waals surface area contributed by atoms with Crippen molar-refractivity contribution < 1.29 is 19.0 Å². The quantitative estimate of drug-likeness (QED) is 0.595. The lowest BCUT2D eigenvalue weighted by atomic mass is 10.1. The van der Waals surface area contributed by atoms with Gasteiger partial charge in [-0.15, -0.1) is 11.3 Å².